The predicted octanol–water partition coefficient (Wildman–Crippen LogP) is 4.14. The number of rotatable bonds is 7. The average Bonchev–Trinajstić information content (AvgIpc) is 2.57. The molecule has 2 rings (SSSR count). The molecule has 0 aliphatic carbocycles. The van der Waals surface area contributed by atoms with Crippen molar-refractivity contribution in [2.45, 2.75) is 45.9 Å². The van der Waals surface area contributed by atoms with E-state index in [1.807, 2.05) is 13.8 Å². The van der Waals surface area contributed by atoms with E-state index in [1.54, 1.807) is 13.8 Å². The van der Waals surface area contributed by atoms with Crippen molar-refractivity contribution in [1.82, 2.24) is 15.0 Å². The second-order valence-corrected chi connectivity index (χ2v) is 7.29. The van der Waals surface area contributed by atoms with E-state index in [4.69, 9.17) is 15.2 Å². The first-order valence-electron chi connectivity index (χ1n) is 8.89. The zero-order valence-electron chi connectivity index (χ0n) is 16.6. The molecule has 7 nitrogen and oxygen atoms in total. The molecule has 10 heteroatoms. The van der Waals surface area contributed by atoms with E-state index in [0.29, 0.717) is 12.2 Å². The maximum Gasteiger partial charge on any atom is 0.437 e. The van der Waals surface area contributed by atoms with Crippen LogP contribution in [0.3, 0.4) is 0 Å². The molecule has 0 saturated carbocycles. The summed E-state index contributed by atoms with van der Waals surface area (Å²) in [6, 6.07) is 4.01. The first-order valence-corrected chi connectivity index (χ1v) is 8.89. The van der Waals surface area contributed by atoms with E-state index < -0.39 is 29.3 Å². The van der Waals surface area contributed by atoms with Crippen molar-refractivity contribution in [2.75, 3.05) is 6.61 Å². The summed E-state index contributed by atoms with van der Waals surface area (Å²) in [6.45, 7) is 6.62. The van der Waals surface area contributed by atoms with Crippen LogP contribution in [0.4, 0.5) is 18.0 Å². The van der Waals surface area contributed by atoms with Crippen molar-refractivity contribution >= 4 is 6.09 Å². The average molecular weight is 412 g/mol. The molecule has 2 heterocycles. The molecule has 2 aromatic heterocycles. The maximum absolute atomic E-state index is 13.6. The van der Waals surface area contributed by atoms with Crippen molar-refractivity contribution in [1.29, 1.82) is 0 Å². The molecule has 158 valence electrons. The number of hydrogen-bond acceptors (Lipinski definition) is 6. The highest BCUT2D eigenvalue weighted by Crippen LogP contribution is 2.37. The van der Waals surface area contributed by atoms with Crippen LogP contribution in [0.25, 0.3) is 11.4 Å². The lowest BCUT2D eigenvalue weighted by Gasteiger charge is -2.30. The Labute approximate surface area is 166 Å². The molecule has 0 saturated heterocycles. The van der Waals surface area contributed by atoms with Gasteiger partial charge in [0.25, 0.3) is 0 Å². The van der Waals surface area contributed by atoms with Gasteiger partial charge in [-0.3, -0.25) is 0 Å². The molecule has 29 heavy (non-hydrogen) atoms. The van der Waals surface area contributed by atoms with Gasteiger partial charge in [0.2, 0.25) is 0 Å². The molecule has 0 aliphatic rings. The fraction of sp³-hybridized carbons (Fsp3) is 0.474. The van der Waals surface area contributed by atoms with Gasteiger partial charge in [-0.15, -0.1) is 0 Å². The van der Waals surface area contributed by atoms with Gasteiger partial charge in [-0.05, 0) is 44.4 Å². The van der Waals surface area contributed by atoms with E-state index in [2.05, 4.69) is 15.0 Å². The molecule has 0 bridgehead atoms. The summed E-state index contributed by atoms with van der Waals surface area (Å²) in [7, 11) is 0. The van der Waals surface area contributed by atoms with E-state index in [9.17, 15) is 18.0 Å². The van der Waals surface area contributed by atoms with Crippen LogP contribution in [-0.4, -0.2) is 33.3 Å². The van der Waals surface area contributed by atoms with E-state index >= 15 is 0 Å². The Hall–Kier alpha value is -2.91. The largest absolute Gasteiger partial charge is 0.487 e. The smallest absolute Gasteiger partial charge is 0.437 e. The number of aromatic nitrogens is 3. The Morgan fingerprint density at radius 2 is 1.83 bits per heavy atom. The molecular weight excluding hydrogens is 389 g/mol. The zero-order valence-corrected chi connectivity index (χ0v) is 16.6. The van der Waals surface area contributed by atoms with Gasteiger partial charge in [0.05, 0.1) is 11.4 Å². The molecule has 1 atom stereocenters. The minimum atomic E-state index is -4.76. The van der Waals surface area contributed by atoms with Gasteiger partial charge in [0.1, 0.15) is 23.8 Å². The van der Waals surface area contributed by atoms with Crippen LogP contribution < -0.4 is 10.5 Å². The lowest BCUT2D eigenvalue weighted by Crippen LogP contribution is -2.41. The minimum Gasteiger partial charge on any atom is -0.487 e. The second kappa shape index (κ2) is 8.62. The summed E-state index contributed by atoms with van der Waals surface area (Å²) in [5.74, 6) is 0.0212. The number of primary amides is 1. The number of nitrogens with zero attached hydrogens (tertiary/aromatic N) is 3. The molecule has 2 N–H and O–H groups in total. The highest BCUT2D eigenvalue weighted by Gasteiger charge is 2.38. The third-order valence-electron chi connectivity index (χ3n) is 3.89. The summed E-state index contributed by atoms with van der Waals surface area (Å²) in [4.78, 5) is 22.9. The van der Waals surface area contributed by atoms with Gasteiger partial charge in [0.15, 0.2) is 5.69 Å². The Balaban J connectivity index is 2.35. The number of ether oxygens (including phenoxy) is 2. The van der Waals surface area contributed by atoms with Gasteiger partial charge < -0.3 is 15.2 Å². The van der Waals surface area contributed by atoms with Crippen LogP contribution in [0.15, 0.2) is 24.4 Å². The Morgan fingerprint density at radius 1 is 1.17 bits per heavy atom. The monoisotopic (exact) mass is 412 g/mol. The molecular formula is C19H23F3N4O3. The van der Waals surface area contributed by atoms with E-state index in [0.717, 1.165) is 0 Å². The standard InChI is InChI=1S/C19H23F3N4O3/c1-11(2)9-18(4,29-17(23)27)10-28-15-6-5-13(26-16(15)19(20,21)22)14-7-8-24-12(3)25-14/h5-8,11H,9-10H2,1-4H3,(H2,23,27)/t18-/m0/s1. The number of nitrogens with two attached hydrogens (primary N) is 1. The number of amides is 1. The lowest BCUT2D eigenvalue weighted by atomic mass is 9.95. The van der Waals surface area contributed by atoms with Crippen LogP contribution in [0.1, 0.15) is 38.7 Å². The number of halogens is 3. The van der Waals surface area contributed by atoms with Crippen molar-refractivity contribution in [3.63, 3.8) is 0 Å². The number of alkyl halides is 3. The third kappa shape index (κ3) is 6.30. The van der Waals surface area contributed by atoms with Crippen molar-refractivity contribution in [3.8, 4) is 17.1 Å². The highest BCUT2D eigenvalue weighted by atomic mass is 19.4. The van der Waals surface area contributed by atoms with Crippen molar-refractivity contribution in [2.24, 2.45) is 11.7 Å². The lowest BCUT2D eigenvalue weighted by molar-refractivity contribution is -0.143. The number of aryl methyl sites for hydroxylation is 1. The quantitative estimate of drug-likeness (QED) is 0.733. The summed E-state index contributed by atoms with van der Waals surface area (Å²) < 4.78 is 51.2. The summed E-state index contributed by atoms with van der Waals surface area (Å²) >= 11 is 0. The number of carbonyl (C=O) groups is 1. The first kappa shape index (κ1) is 22.4. The molecule has 0 aromatic carbocycles. The molecule has 0 unspecified atom stereocenters. The Morgan fingerprint density at radius 3 is 2.38 bits per heavy atom. The molecule has 0 fully saturated rings. The summed E-state index contributed by atoms with van der Waals surface area (Å²) in [5, 5.41) is 0. The maximum atomic E-state index is 13.6. The molecule has 2 aromatic rings. The van der Waals surface area contributed by atoms with Gasteiger partial charge in [-0.2, -0.15) is 13.2 Å². The summed E-state index contributed by atoms with van der Waals surface area (Å²) in [5.41, 5.74) is 3.01. The molecule has 1 amide bonds. The Kier molecular flexibility index (Phi) is 6.66. The predicted molar refractivity (Wildman–Crippen MR) is 99.0 cm³/mol. The minimum absolute atomic E-state index is 0.0357. The van der Waals surface area contributed by atoms with Crippen molar-refractivity contribution in [3.05, 3.63) is 35.9 Å². The van der Waals surface area contributed by atoms with E-state index in [-0.39, 0.29) is 23.9 Å². The van der Waals surface area contributed by atoms with Gasteiger partial charge >= 0.3 is 12.3 Å². The van der Waals surface area contributed by atoms with Gasteiger partial charge in [0, 0.05) is 6.20 Å². The SMILES string of the molecule is Cc1nccc(-c2ccc(OC[C@](C)(CC(C)C)OC(N)=O)c(C(F)(F)F)n2)n1. The fourth-order valence-electron chi connectivity index (χ4n) is 2.97. The number of carbonyl (C=O) groups excluding carboxylic acids is 1. The topological polar surface area (TPSA) is 100 Å². The highest BCUT2D eigenvalue weighted by molar-refractivity contribution is 5.65. The number of hydrogen-bond donors (Lipinski definition) is 1. The summed E-state index contributed by atoms with van der Waals surface area (Å²) in [6.07, 6.45) is -3.99. The normalized spacial score (nSPS) is 13.8. The molecule has 0 aliphatic heterocycles. The van der Waals surface area contributed by atoms with Crippen LogP contribution in [0.5, 0.6) is 5.75 Å². The Bertz CT molecular complexity index is 874. The zero-order chi connectivity index (χ0) is 21.8. The fourth-order valence-corrected chi connectivity index (χ4v) is 2.97. The van der Waals surface area contributed by atoms with E-state index in [1.165, 1.54) is 24.4 Å². The third-order valence-corrected chi connectivity index (χ3v) is 3.89. The van der Waals surface area contributed by atoms with Crippen LogP contribution >= 0.6 is 0 Å². The number of pyridine rings is 1. The van der Waals surface area contributed by atoms with Crippen LogP contribution in [0, 0.1) is 12.8 Å². The van der Waals surface area contributed by atoms with Crippen LogP contribution in [0.2, 0.25) is 0 Å². The first-order chi connectivity index (χ1) is 13.4. The molecule has 0 spiro atoms. The second-order valence-electron chi connectivity index (χ2n) is 7.29. The van der Waals surface area contributed by atoms with Crippen LogP contribution in [-0.2, 0) is 10.9 Å². The van der Waals surface area contributed by atoms with Gasteiger partial charge in [-0.1, -0.05) is 13.8 Å². The van der Waals surface area contributed by atoms with Crippen molar-refractivity contribution < 1.29 is 27.4 Å². The van der Waals surface area contributed by atoms with Gasteiger partial charge in [-0.25, -0.2) is 19.7 Å². The molecule has 0 radical (unpaired) electrons.